The molecule has 0 aromatic carbocycles. The molecule has 3 rings (SSSR count). The van der Waals surface area contributed by atoms with Gasteiger partial charge in [0.1, 0.15) is 18.9 Å². The van der Waals surface area contributed by atoms with Crippen molar-refractivity contribution in [3.63, 3.8) is 0 Å². The van der Waals surface area contributed by atoms with E-state index in [2.05, 4.69) is 16.1 Å². The number of hydrogen-bond acceptors (Lipinski definition) is 5. The summed E-state index contributed by atoms with van der Waals surface area (Å²) in [5.41, 5.74) is 0. The minimum absolute atomic E-state index is 0.0234. The number of nitriles is 1. The zero-order chi connectivity index (χ0) is 13.9. The van der Waals surface area contributed by atoms with Crippen LogP contribution in [0.4, 0.5) is 0 Å². The predicted octanol–water partition coefficient (Wildman–Crippen LogP) is 1.57. The van der Waals surface area contributed by atoms with Crippen molar-refractivity contribution in [2.75, 3.05) is 6.54 Å². The maximum Gasteiger partial charge on any atom is 0.252 e. The van der Waals surface area contributed by atoms with Crippen LogP contribution in [0.25, 0.3) is 0 Å². The first-order valence-electron chi connectivity index (χ1n) is 6.40. The Hall–Kier alpha value is -2.20. The largest absolute Gasteiger partial charge is 0.333 e. The van der Waals surface area contributed by atoms with Crippen molar-refractivity contribution in [2.45, 2.75) is 25.4 Å². The summed E-state index contributed by atoms with van der Waals surface area (Å²) in [7, 11) is 0. The van der Waals surface area contributed by atoms with Gasteiger partial charge in [-0.3, -0.25) is 4.79 Å². The van der Waals surface area contributed by atoms with Gasteiger partial charge in [0.05, 0.1) is 6.04 Å². The van der Waals surface area contributed by atoms with Crippen molar-refractivity contribution < 1.29 is 4.79 Å². The van der Waals surface area contributed by atoms with Crippen molar-refractivity contribution in [1.29, 1.82) is 5.26 Å². The highest BCUT2D eigenvalue weighted by Crippen LogP contribution is 2.34. The summed E-state index contributed by atoms with van der Waals surface area (Å²) in [4.78, 5) is 19.3. The minimum atomic E-state index is 0.0234. The van der Waals surface area contributed by atoms with Gasteiger partial charge in [-0.15, -0.1) is 16.4 Å². The molecular weight excluding hydrogens is 274 g/mol. The summed E-state index contributed by atoms with van der Waals surface area (Å²) < 4.78 is 1.42. The maximum atomic E-state index is 12.4. The lowest BCUT2D eigenvalue weighted by Crippen LogP contribution is -2.33. The quantitative estimate of drug-likeness (QED) is 0.859. The standard InChI is InChI=1S/C13H13N5OS/c14-7-12-15-9-17(16-12)8-13(19)18-5-1-3-10(18)11-4-2-6-20-11/h2,4,6,9-10H,1,3,5,8H2/t10-/m0/s1. The van der Waals surface area contributed by atoms with Gasteiger partial charge in [0.15, 0.2) is 0 Å². The van der Waals surface area contributed by atoms with Gasteiger partial charge in [0.2, 0.25) is 5.91 Å². The Morgan fingerprint density at radius 3 is 3.20 bits per heavy atom. The molecule has 1 saturated heterocycles. The number of thiophene rings is 1. The zero-order valence-electron chi connectivity index (χ0n) is 10.8. The lowest BCUT2D eigenvalue weighted by Gasteiger charge is -2.23. The average molecular weight is 287 g/mol. The summed E-state index contributed by atoms with van der Waals surface area (Å²) >= 11 is 1.68. The molecule has 1 amide bonds. The van der Waals surface area contributed by atoms with E-state index in [1.165, 1.54) is 15.9 Å². The Labute approximate surface area is 120 Å². The SMILES string of the molecule is N#Cc1ncn(CC(=O)N2CCC[C@H]2c2cccs2)n1. The highest BCUT2D eigenvalue weighted by Gasteiger charge is 2.30. The van der Waals surface area contributed by atoms with Crippen LogP contribution in [0.5, 0.6) is 0 Å². The van der Waals surface area contributed by atoms with Crippen LogP contribution in [0.15, 0.2) is 23.8 Å². The Bertz CT molecular complexity index is 642. The van der Waals surface area contributed by atoms with Gasteiger partial charge in [-0.05, 0) is 24.3 Å². The minimum Gasteiger partial charge on any atom is -0.333 e. The average Bonchev–Trinajstić information content (AvgIpc) is 3.19. The number of aromatic nitrogens is 3. The number of carbonyl (C=O) groups is 1. The van der Waals surface area contributed by atoms with Crippen molar-refractivity contribution >= 4 is 17.2 Å². The van der Waals surface area contributed by atoms with Crippen LogP contribution in [0.1, 0.15) is 29.6 Å². The van der Waals surface area contributed by atoms with E-state index in [9.17, 15) is 4.79 Å². The summed E-state index contributed by atoms with van der Waals surface area (Å²) in [6.45, 7) is 0.914. The van der Waals surface area contributed by atoms with Crippen LogP contribution in [0, 0.1) is 11.3 Å². The van der Waals surface area contributed by atoms with Crippen molar-refractivity contribution in [3.05, 3.63) is 34.5 Å². The summed E-state index contributed by atoms with van der Waals surface area (Å²) in [5.74, 6) is 0.115. The first kappa shape index (κ1) is 12.8. The van der Waals surface area contributed by atoms with Gasteiger partial charge in [-0.25, -0.2) is 9.67 Å². The molecule has 1 aliphatic rings. The van der Waals surface area contributed by atoms with Gasteiger partial charge in [0.25, 0.3) is 5.82 Å². The smallest absolute Gasteiger partial charge is 0.252 e. The molecular formula is C13H13N5OS. The van der Waals surface area contributed by atoms with Gasteiger partial charge in [0, 0.05) is 11.4 Å². The van der Waals surface area contributed by atoms with Crippen LogP contribution in [0.2, 0.25) is 0 Å². The fourth-order valence-electron chi connectivity index (χ4n) is 2.49. The lowest BCUT2D eigenvalue weighted by molar-refractivity contribution is -0.132. The monoisotopic (exact) mass is 287 g/mol. The molecule has 102 valence electrons. The second-order valence-corrected chi connectivity index (χ2v) is 5.62. The van der Waals surface area contributed by atoms with E-state index >= 15 is 0 Å². The number of amides is 1. The summed E-state index contributed by atoms with van der Waals surface area (Å²) in [5, 5.41) is 14.6. The number of carbonyl (C=O) groups excluding carboxylic acids is 1. The Morgan fingerprint density at radius 1 is 1.60 bits per heavy atom. The number of nitrogens with zero attached hydrogens (tertiary/aromatic N) is 5. The van der Waals surface area contributed by atoms with Crippen LogP contribution < -0.4 is 0 Å². The second-order valence-electron chi connectivity index (χ2n) is 4.64. The molecule has 0 unspecified atom stereocenters. The van der Waals surface area contributed by atoms with Crippen LogP contribution >= 0.6 is 11.3 Å². The van der Waals surface area contributed by atoms with Crippen LogP contribution in [0.3, 0.4) is 0 Å². The predicted molar refractivity (Wildman–Crippen MR) is 72.7 cm³/mol. The third-order valence-electron chi connectivity index (χ3n) is 3.38. The third-order valence-corrected chi connectivity index (χ3v) is 4.35. The Morgan fingerprint density at radius 2 is 2.50 bits per heavy atom. The molecule has 0 N–H and O–H groups in total. The molecule has 1 atom stereocenters. The van der Waals surface area contributed by atoms with E-state index < -0.39 is 0 Å². The molecule has 2 aromatic heterocycles. The van der Waals surface area contributed by atoms with E-state index in [0.717, 1.165) is 19.4 Å². The summed E-state index contributed by atoms with van der Waals surface area (Å²) in [6, 6.07) is 6.12. The van der Waals surface area contributed by atoms with E-state index in [0.29, 0.717) is 0 Å². The van der Waals surface area contributed by atoms with Gasteiger partial charge in [-0.1, -0.05) is 6.07 Å². The van der Waals surface area contributed by atoms with Crippen LogP contribution in [-0.4, -0.2) is 32.1 Å². The van der Waals surface area contributed by atoms with E-state index in [1.807, 2.05) is 22.4 Å². The lowest BCUT2D eigenvalue weighted by atomic mass is 10.2. The Kier molecular flexibility index (Phi) is 3.48. The topological polar surface area (TPSA) is 74.8 Å². The molecule has 20 heavy (non-hydrogen) atoms. The molecule has 7 heteroatoms. The fraction of sp³-hybridized carbons (Fsp3) is 0.385. The normalized spacial score (nSPS) is 18.1. The highest BCUT2D eigenvalue weighted by atomic mass is 32.1. The Balaban J connectivity index is 1.71. The molecule has 1 aliphatic heterocycles. The van der Waals surface area contributed by atoms with Gasteiger partial charge in [-0.2, -0.15) is 5.26 Å². The second kappa shape index (κ2) is 5.43. The molecule has 1 fully saturated rings. The maximum absolute atomic E-state index is 12.4. The molecule has 2 aromatic rings. The first-order valence-corrected chi connectivity index (χ1v) is 7.28. The molecule has 0 spiro atoms. The molecule has 6 nitrogen and oxygen atoms in total. The zero-order valence-corrected chi connectivity index (χ0v) is 11.6. The number of rotatable bonds is 3. The van der Waals surface area contributed by atoms with Crippen molar-refractivity contribution in [2.24, 2.45) is 0 Å². The third kappa shape index (κ3) is 2.42. The highest BCUT2D eigenvalue weighted by molar-refractivity contribution is 7.10. The van der Waals surface area contributed by atoms with E-state index in [-0.39, 0.29) is 24.3 Å². The number of likely N-dealkylation sites (tertiary alicyclic amines) is 1. The van der Waals surface area contributed by atoms with Crippen LogP contribution in [-0.2, 0) is 11.3 Å². The molecule has 3 heterocycles. The van der Waals surface area contributed by atoms with Gasteiger partial charge < -0.3 is 4.90 Å². The van der Waals surface area contributed by atoms with Crippen molar-refractivity contribution in [1.82, 2.24) is 19.7 Å². The molecule has 0 radical (unpaired) electrons. The molecule has 0 aliphatic carbocycles. The number of hydrogen-bond donors (Lipinski definition) is 0. The van der Waals surface area contributed by atoms with E-state index in [1.54, 1.807) is 11.3 Å². The van der Waals surface area contributed by atoms with Gasteiger partial charge >= 0.3 is 0 Å². The molecule has 0 saturated carbocycles. The fourth-order valence-corrected chi connectivity index (χ4v) is 3.37. The first-order chi connectivity index (χ1) is 9.78. The summed E-state index contributed by atoms with van der Waals surface area (Å²) in [6.07, 6.45) is 3.45. The van der Waals surface area contributed by atoms with Crippen molar-refractivity contribution in [3.8, 4) is 6.07 Å². The molecule has 0 bridgehead atoms. The van der Waals surface area contributed by atoms with E-state index in [4.69, 9.17) is 5.26 Å².